The highest BCUT2D eigenvalue weighted by atomic mass is 16.4. The molecule has 5 nitrogen and oxygen atoms in total. The molecule has 0 aliphatic carbocycles. The van der Waals surface area contributed by atoms with Crippen LogP contribution < -0.4 is 10.8 Å². The van der Waals surface area contributed by atoms with Gasteiger partial charge >= 0.3 is 7.12 Å². The monoisotopic (exact) mass is 256 g/mol. The molecule has 0 atom stereocenters. The summed E-state index contributed by atoms with van der Waals surface area (Å²) < 4.78 is 0. The molecule has 0 fully saturated rings. The van der Waals surface area contributed by atoms with Crippen molar-refractivity contribution in [3.05, 3.63) is 53.7 Å². The largest absolute Gasteiger partial charge is 0.488 e. The van der Waals surface area contributed by atoms with E-state index in [4.69, 9.17) is 10.0 Å². The minimum atomic E-state index is -1.53. The summed E-state index contributed by atoms with van der Waals surface area (Å²) in [5.74, 6) is 0.178. The molecular formula is C13H13BN2O3. The van der Waals surface area contributed by atoms with Crippen LogP contribution in [0.1, 0.15) is 15.9 Å². The summed E-state index contributed by atoms with van der Waals surface area (Å²) in [6.07, 6.45) is 1.59. The fourth-order valence-corrected chi connectivity index (χ4v) is 1.73. The molecule has 0 aliphatic heterocycles. The molecule has 1 heterocycles. The average Bonchev–Trinajstić information content (AvgIpc) is 2.39. The van der Waals surface area contributed by atoms with Gasteiger partial charge in [0, 0.05) is 11.8 Å². The van der Waals surface area contributed by atoms with Crippen molar-refractivity contribution >= 4 is 24.3 Å². The number of pyridine rings is 1. The van der Waals surface area contributed by atoms with E-state index in [1.54, 1.807) is 43.5 Å². The molecule has 2 aromatic rings. The maximum atomic E-state index is 12.0. The molecule has 0 saturated heterocycles. The van der Waals surface area contributed by atoms with E-state index in [2.05, 4.69) is 10.3 Å². The quantitative estimate of drug-likeness (QED) is 0.691. The molecular weight excluding hydrogens is 243 g/mol. The van der Waals surface area contributed by atoms with Crippen molar-refractivity contribution in [2.75, 3.05) is 5.32 Å². The second-order valence-electron chi connectivity index (χ2n) is 4.11. The third kappa shape index (κ3) is 3.18. The Morgan fingerprint density at radius 1 is 1.26 bits per heavy atom. The summed E-state index contributed by atoms with van der Waals surface area (Å²) in [6, 6.07) is 9.90. The van der Waals surface area contributed by atoms with E-state index in [0.717, 1.165) is 0 Å². The molecule has 1 aromatic heterocycles. The zero-order valence-electron chi connectivity index (χ0n) is 10.4. The van der Waals surface area contributed by atoms with Gasteiger partial charge in [0.25, 0.3) is 5.91 Å². The van der Waals surface area contributed by atoms with Gasteiger partial charge in [-0.05, 0) is 36.7 Å². The number of aryl methyl sites for hydroxylation is 1. The molecule has 1 amide bonds. The molecule has 1 aromatic carbocycles. The second kappa shape index (κ2) is 5.64. The summed E-state index contributed by atoms with van der Waals surface area (Å²) in [6.45, 7) is 1.71. The van der Waals surface area contributed by atoms with Gasteiger partial charge in [0.05, 0.1) is 0 Å². The van der Waals surface area contributed by atoms with E-state index in [-0.39, 0.29) is 5.91 Å². The lowest BCUT2D eigenvalue weighted by Crippen LogP contribution is -2.32. The smallest absolute Gasteiger partial charge is 0.423 e. The number of hydrogen-bond donors (Lipinski definition) is 3. The predicted molar refractivity (Wildman–Crippen MR) is 73.2 cm³/mol. The number of aromatic nitrogens is 1. The Morgan fingerprint density at radius 3 is 2.63 bits per heavy atom. The van der Waals surface area contributed by atoms with Crippen LogP contribution in [0.2, 0.25) is 0 Å². The zero-order chi connectivity index (χ0) is 13.8. The summed E-state index contributed by atoms with van der Waals surface area (Å²) in [7, 11) is -1.53. The van der Waals surface area contributed by atoms with E-state index >= 15 is 0 Å². The van der Waals surface area contributed by atoms with Gasteiger partial charge in [0.15, 0.2) is 0 Å². The van der Waals surface area contributed by atoms with Crippen LogP contribution in [0.5, 0.6) is 0 Å². The number of nitrogens with one attached hydrogen (secondary N) is 1. The van der Waals surface area contributed by atoms with E-state index in [1.807, 2.05) is 0 Å². The van der Waals surface area contributed by atoms with Crippen LogP contribution in [-0.2, 0) is 0 Å². The van der Waals surface area contributed by atoms with Gasteiger partial charge in [-0.3, -0.25) is 4.79 Å². The van der Waals surface area contributed by atoms with E-state index < -0.39 is 7.12 Å². The normalized spacial score (nSPS) is 10.1. The molecule has 0 radical (unpaired) electrons. The first-order chi connectivity index (χ1) is 9.08. The van der Waals surface area contributed by atoms with Gasteiger partial charge in [-0.1, -0.05) is 17.7 Å². The molecule has 0 aliphatic rings. The van der Waals surface area contributed by atoms with Crippen LogP contribution in [-0.4, -0.2) is 28.1 Å². The van der Waals surface area contributed by atoms with Gasteiger partial charge < -0.3 is 15.4 Å². The first kappa shape index (κ1) is 13.3. The molecule has 3 N–H and O–H groups in total. The number of nitrogens with zero attached hydrogens (tertiary/aromatic N) is 1. The topological polar surface area (TPSA) is 82.5 Å². The predicted octanol–water partition coefficient (Wildman–Crippen LogP) is 0.322. The highest BCUT2D eigenvalue weighted by Gasteiger charge is 2.15. The molecule has 0 saturated carbocycles. The molecule has 96 valence electrons. The fourth-order valence-electron chi connectivity index (χ4n) is 1.73. The second-order valence-corrected chi connectivity index (χ2v) is 4.11. The first-order valence-electron chi connectivity index (χ1n) is 5.77. The van der Waals surface area contributed by atoms with Crippen LogP contribution in [0.4, 0.5) is 5.82 Å². The number of anilines is 1. The van der Waals surface area contributed by atoms with Gasteiger partial charge in [0.1, 0.15) is 5.82 Å². The van der Waals surface area contributed by atoms with Gasteiger partial charge in [-0.25, -0.2) is 4.98 Å². The lowest BCUT2D eigenvalue weighted by atomic mass is 9.77. The highest BCUT2D eigenvalue weighted by Crippen LogP contribution is 2.07. The Morgan fingerprint density at radius 2 is 2.05 bits per heavy atom. The highest BCUT2D eigenvalue weighted by molar-refractivity contribution is 6.59. The minimum absolute atomic E-state index is 0.291. The number of carbonyl (C=O) groups excluding carboxylic acids is 1. The van der Waals surface area contributed by atoms with Crippen molar-refractivity contribution in [3.8, 4) is 0 Å². The Hall–Kier alpha value is -2.18. The van der Waals surface area contributed by atoms with Gasteiger partial charge in [-0.2, -0.15) is 0 Å². The summed E-state index contributed by atoms with van der Waals surface area (Å²) >= 11 is 0. The Bertz CT molecular complexity index is 588. The van der Waals surface area contributed by atoms with Gasteiger partial charge in [-0.15, -0.1) is 0 Å². The minimum Gasteiger partial charge on any atom is -0.423 e. The fraction of sp³-hybridized carbons (Fsp3) is 0.0769. The Labute approximate surface area is 111 Å². The van der Waals surface area contributed by atoms with Crippen LogP contribution >= 0.6 is 0 Å². The number of hydrogen-bond acceptors (Lipinski definition) is 4. The molecule has 6 heteroatoms. The lowest BCUT2D eigenvalue weighted by molar-refractivity contribution is 0.102. The van der Waals surface area contributed by atoms with Crippen molar-refractivity contribution < 1.29 is 14.8 Å². The summed E-state index contributed by atoms with van der Waals surface area (Å²) in [5.41, 5.74) is 1.46. The lowest BCUT2D eigenvalue weighted by Gasteiger charge is -2.08. The molecule has 0 spiro atoms. The summed E-state index contributed by atoms with van der Waals surface area (Å²) in [4.78, 5) is 16.0. The van der Waals surface area contributed by atoms with Crippen LogP contribution in [0.3, 0.4) is 0 Å². The van der Waals surface area contributed by atoms with Crippen molar-refractivity contribution in [1.82, 2.24) is 4.98 Å². The van der Waals surface area contributed by atoms with E-state index in [1.165, 1.54) is 6.07 Å². The molecule has 19 heavy (non-hydrogen) atoms. The molecule has 0 unspecified atom stereocenters. The van der Waals surface area contributed by atoms with Gasteiger partial charge in [0.2, 0.25) is 0 Å². The first-order valence-corrected chi connectivity index (χ1v) is 5.77. The zero-order valence-corrected chi connectivity index (χ0v) is 10.4. The molecule has 0 bridgehead atoms. The average molecular weight is 256 g/mol. The standard InChI is InChI=1S/C13H13BN2O3/c1-9-8-10(5-6-11(9)14(18)19)13(17)16-12-4-2-3-7-15-12/h2-8,18-19H,1H3,(H,15,16,17). The molecule has 2 rings (SSSR count). The SMILES string of the molecule is Cc1cc(C(=O)Nc2ccccn2)ccc1B(O)O. The number of benzene rings is 1. The number of amides is 1. The maximum Gasteiger partial charge on any atom is 0.488 e. The third-order valence-corrected chi connectivity index (χ3v) is 2.72. The Balaban J connectivity index is 2.18. The number of carbonyl (C=O) groups is 1. The maximum absolute atomic E-state index is 12.0. The van der Waals surface area contributed by atoms with E-state index in [9.17, 15) is 4.79 Å². The van der Waals surface area contributed by atoms with Crippen molar-refractivity contribution in [2.45, 2.75) is 6.92 Å². The summed E-state index contributed by atoms with van der Waals surface area (Å²) in [5, 5.41) is 20.9. The van der Waals surface area contributed by atoms with Crippen LogP contribution in [0.15, 0.2) is 42.6 Å². The van der Waals surface area contributed by atoms with Crippen LogP contribution in [0.25, 0.3) is 0 Å². The van der Waals surface area contributed by atoms with E-state index in [0.29, 0.717) is 22.4 Å². The van der Waals surface area contributed by atoms with Crippen molar-refractivity contribution in [3.63, 3.8) is 0 Å². The van der Waals surface area contributed by atoms with Crippen molar-refractivity contribution in [2.24, 2.45) is 0 Å². The Kier molecular flexibility index (Phi) is 3.94. The van der Waals surface area contributed by atoms with Crippen molar-refractivity contribution in [1.29, 1.82) is 0 Å². The third-order valence-electron chi connectivity index (χ3n) is 2.72. The van der Waals surface area contributed by atoms with Crippen LogP contribution in [0, 0.1) is 6.92 Å². The number of rotatable bonds is 3.